The molecule has 8 nitrogen and oxygen atoms in total. The second-order valence-corrected chi connectivity index (χ2v) is 13.1. The number of rotatable bonds is 13. The number of alkyl halides is 3. The van der Waals surface area contributed by atoms with E-state index in [0.717, 1.165) is 41.5 Å². The number of aryl methyl sites for hydroxylation is 1. The standard InChI is InChI=1S/C37H40F3N3O5S/c1-5-6-7-11-18-43(3)35(44)26-15-14-25(19-28(26)36(45)47-21-24-12-9-8-10-13-24)48-31-20-29(34-42-32(22-49-34)37(38,39)40)41-33-23(2)30(46-4)17-16-27(31)33/h5,8-10,12-13,16-17,20,22,25-26,28H,1,6-7,11,14-15,18-19,21H2,2-4H3/t25?,26-,28?/m1/s1. The van der Waals surface area contributed by atoms with Gasteiger partial charge in [0.1, 0.15) is 28.8 Å². The van der Waals surface area contributed by atoms with E-state index in [1.54, 1.807) is 30.1 Å². The van der Waals surface area contributed by atoms with Crippen LogP contribution in [-0.2, 0) is 27.1 Å². The number of pyridine rings is 1. The third kappa shape index (κ3) is 8.59. The summed E-state index contributed by atoms with van der Waals surface area (Å²) in [5, 5.41) is 1.69. The molecule has 1 aliphatic carbocycles. The molecule has 0 radical (unpaired) electrons. The molecule has 4 aromatic rings. The first-order chi connectivity index (χ1) is 23.5. The summed E-state index contributed by atoms with van der Waals surface area (Å²) in [6.45, 7) is 6.21. The first-order valence-corrected chi connectivity index (χ1v) is 17.1. The van der Waals surface area contributed by atoms with E-state index in [1.807, 2.05) is 43.3 Å². The number of aromatic nitrogens is 2. The summed E-state index contributed by atoms with van der Waals surface area (Å²) in [6.07, 6.45) is 0.467. The van der Waals surface area contributed by atoms with E-state index < -0.39 is 35.8 Å². The van der Waals surface area contributed by atoms with Crippen molar-refractivity contribution >= 4 is 34.1 Å². The summed E-state index contributed by atoms with van der Waals surface area (Å²) >= 11 is 0.842. The average molecular weight is 696 g/mol. The van der Waals surface area contributed by atoms with Gasteiger partial charge in [0.15, 0.2) is 5.69 Å². The van der Waals surface area contributed by atoms with E-state index in [4.69, 9.17) is 14.2 Å². The minimum atomic E-state index is -4.59. The molecule has 1 fully saturated rings. The highest BCUT2D eigenvalue weighted by Crippen LogP contribution is 2.41. The maximum atomic E-state index is 13.7. The van der Waals surface area contributed by atoms with Crippen molar-refractivity contribution < 1.29 is 37.0 Å². The molecule has 2 unspecified atom stereocenters. The number of hydrogen-bond acceptors (Lipinski definition) is 8. The van der Waals surface area contributed by atoms with Gasteiger partial charge in [-0.3, -0.25) is 9.59 Å². The van der Waals surface area contributed by atoms with E-state index in [9.17, 15) is 22.8 Å². The Labute approximate surface area is 287 Å². The molecule has 12 heteroatoms. The van der Waals surface area contributed by atoms with Crippen LogP contribution in [0.1, 0.15) is 55.3 Å². The molecule has 260 valence electrons. The van der Waals surface area contributed by atoms with Crippen LogP contribution in [0, 0.1) is 18.8 Å². The summed E-state index contributed by atoms with van der Waals surface area (Å²) in [6, 6.07) is 14.5. The Bertz CT molecular complexity index is 1780. The van der Waals surface area contributed by atoms with Crippen LogP contribution in [0.3, 0.4) is 0 Å². The van der Waals surface area contributed by atoms with Gasteiger partial charge in [-0.05, 0) is 63.1 Å². The molecular formula is C37H40F3N3O5S. The summed E-state index contributed by atoms with van der Waals surface area (Å²) in [5.74, 6) is -0.971. The van der Waals surface area contributed by atoms with Crippen LogP contribution in [0.25, 0.3) is 21.6 Å². The van der Waals surface area contributed by atoms with Crippen LogP contribution >= 0.6 is 11.3 Å². The van der Waals surface area contributed by atoms with E-state index in [1.165, 1.54) is 7.11 Å². The number of carbonyl (C=O) groups excluding carboxylic acids is 2. The Morgan fingerprint density at radius 2 is 1.84 bits per heavy atom. The highest BCUT2D eigenvalue weighted by molar-refractivity contribution is 7.13. The highest BCUT2D eigenvalue weighted by atomic mass is 32.1. The number of hydrogen-bond donors (Lipinski definition) is 0. The molecule has 0 aliphatic heterocycles. The number of halogens is 3. The van der Waals surface area contributed by atoms with Gasteiger partial charge >= 0.3 is 12.1 Å². The molecule has 2 heterocycles. The normalized spacial score (nSPS) is 17.8. The third-order valence-corrected chi connectivity index (χ3v) is 9.71. The maximum Gasteiger partial charge on any atom is 0.434 e. The van der Waals surface area contributed by atoms with Gasteiger partial charge in [-0.15, -0.1) is 17.9 Å². The molecule has 1 aliphatic rings. The van der Waals surface area contributed by atoms with Crippen molar-refractivity contribution in [3.63, 3.8) is 0 Å². The molecule has 3 atom stereocenters. The number of unbranched alkanes of at least 4 members (excludes halogenated alkanes) is 2. The summed E-state index contributed by atoms with van der Waals surface area (Å²) in [7, 11) is 3.29. The fraction of sp³-hybridized carbons (Fsp3) is 0.405. The number of esters is 1. The van der Waals surface area contributed by atoms with E-state index in [2.05, 4.69) is 16.5 Å². The fourth-order valence-corrected chi connectivity index (χ4v) is 6.96. The fourth-order valence-electron chi connectivity index (χ4n) is 6.17. The minimum Gasteiger partial charge on any atom is -0.496 e. The first-order valence-electron chi connectivity index (χ1n) is 16.2. The SMILES string of the molecule is C=CCCCCN(C)C(=O)[C@@H]1CCC(Oc2cc(-c3nc(C(F)(F)F)cs3)nc3c(C)c(OC)ccc23)CC1C(=O)OCc1ccccc1. The van der Waals surface area contributed by atoms with Crippen molar-refractivity contribution in [1.29, 1.82) is 0 Å². The number of benzene rings is 2. The van der Waals surface area contributed by atoms with Crippen molar-refractivity contribution in [1.82, 2.24) is 14.9 Å². The Kier molecular flexibility index (Phi) is 11.6. The van der Waals surface area contributed by atoms with Crippen molar-refractivity contribution in [2.75, 3.05) is 20.7 Å². The lowest BCUT2D eigenvalue weighted by Gasteiger charge is -2.36. The predicted molar refractivity (Wildman–Crippen MR) is 182 cm³/mol. The third-order valence-electron chi connectivity index (χ3n) is 8.85. The zero-order valence-electron chi connectivity index (χ0n) is 27.8. The molecule has 2 aromatic heterocycles. The smallest absolute Gasteiger partial charge is 0.434 e. The van der Waals surface area contributed by atoms with Gasteiger partial charge in [-0.25, -0.2) is 9.97 Å². The van der Waals surface area contributed by atoms with Crippen LogP contribution in [0.2, 0.25) is 0 Å². The van der Waals surface area contributed by atoms with E-state index in [0.29, 0.717) is 47.4 Å². The Balaban J connectivity index is 1.43. The van der Waals surface area contributed by atoms with Gasteiger partial charge in [0, 0.05) is 36.0 Å². The zero-order valence-corrected chi connectivity index (χ0v) is 28.6. The van der Waals surface area contributed by atoms with Gasteiger partial charge in [0.25, 0.3) is 0 Å². The van der Waals surface area contributed by atoms with Crippen LogP contribution in [0.5, 0.6) is 11.5 Å². The van der Waals surface area contributed by atoms with Gasteiger partial charge in [0.05, 0.1) is 30.6 Å². The number of allylic oxidation sites excluding steroid dienone is 1. The molecule has 0 N–H and O–H groups in total. The summed E-state index contributed by atoms with van der Waals surface area (Å²) < 4.78 is 58.1. The number of amides is 1. The van der Waals surface area contributed by atoms with Crippen LogP contribution in [0.4, 0.5) is 13.2 Å². The van der Waals surface area contributed by atoms with Crippen molar-refractivity contribution in [3.8, 4) is 22.2 Å². The monoisotopic (exact) mass is 695 g/mol. The second-order valence-electron chi connectivity index (χ2n) is 12.2. The molecule has 0 spiro atoms. The lowest BCUT2D eigenvalue weighted by Crippen LogP contribution is -2.45. The second kappa shape index (κ2) is 15.8. The topological polar surface area (TPSA) is 90.9 Å². The van der Waals surface area contributed by atoms with Gasteiger partial charge in [-0.2, -0.15) is 13.2 Å². The van der Waals surface area contributed by atoms with Gasteiger partial charge in [0.2, 0.25) is 5.91 Å². The molecule has 1 saturated carbocycles. The molecular weight excluding hydrogens is 655 g/mol. The molecule has 49 heavy (non-hydrogen) atoms. The summed E-state index contributed by atoms with van der Waals surface area (Å²) in [4.78, 5) is 37.6. The van der Waals surface area contributed by atoms with Crippen molar-refractivity contribution in [2.45, 2.75) is 64.3 Å². The largest absolute Gasteiger partial charge is 0.496 e. The summed E-state index contributed by atoms with van der Waals surface area (Å²) in [5.41, 5.74) is 1.24. The number of carbonyl (C=O) groups is 2. The molecule has 2 aromatic carbocycles. The van der Waals surface area contributed by atoms with Crippen molar-refractivity contribution in [2.24, 2.45) is 11.8 Å². The minimum absolute atomic E-state index is 0.0766. The predicted octanol–water partition coefficient (Wildman–Crippen LogP) is 8.42. The number of ether oxygens (including phenoxy) is 3. The lowest BCUT2D eigenvalue weighted by atomic mass is 9.77. The Morgan fingerprint density at radius 3 is 2.53 bits per heavy atom. The highest BCUT2D eigenvalue weighted by Gasteiger charge is 2.42. The Hall–Kier alpha value is -4.45. The van der Waals surface area contributed by atoms with Gasteiger partial charge < -0.3 is 19.1 Å². The number of methoxy groups -OCH3 is 1. The Morgan fingerprint density at radius 1 is 1.06 bits per heavy atom. The first kappa shape index (κ1) is 35.8. The molecule has 0 bridgehead atoms. The number of nitrogens with zero attached hydrogens (tertiary/aromatic N) is 3. The number of thiazole rings is 1. The van der Waals surface area contributed by atoms with E-state index in [-0.39, 0.29) is 29.6 Å². The quantitative estimate of drug-likeness (QED) is 0.0788. The number of fused-ring (bicyclic) bond motifs is 1. The molecule has 0 saturated heterocycles. The maximum absolute atomic E-state index is 13.7. The van der Waals surface area contributed by atoms with Crippen LogP contribution < -0.4 is 9.47 Å². The van der Waals surface area contributed by atoms with Crippen LogP contribution in [-0.4, -0.2) is 53.6 Å². The van der Waals surface area contributed by atoms with Crippen molar-refractivity contribution in [3.05, 3.63) is 83.4 Å². The lowest BCUT2D eigenvalue weighted by molar-refractivity contribution is -0.159. The molecule has 1 amide bonds. The van der Waals surface area contributed by atoms with Gasteiger partial charge in [-0.1, -0.05) is 36.4 Å². The average Bonchev–Trinajstić information content (AvgIpc) is 3.61. The molecule has 5 rings (SSSR count). The van der Waals surface area contributed by atoms with E-state index >= 15 is 0 Å². The van der Waals surface area contributed by atoms with Crippen LogP contribution in [0.15, 0.2) is 66.6 Å². The zero-order chi connectivity index (χ0) is 35.1.